The number of benzene rings is 1. The van der Waals surface area contributed by atoms with Crippen LogP contribution in [0.2, 0.25) is 5.02 Å². The summed E-state index contributed by atoms with van der Waals surface area (Å²) in [6.07, 6.45) is 0.407. The maximum absolute atomic E-state index is 8.67. The van der Waals surface area contributed by atoms with E-state index < -0.39 is 0 Å². The van der Waals surface area contributed by atoms with E-state index in [2.05, 4.69) is 11.1 Å². The number of ether oxygens (including phenoxy) is 1. The van der Waals surface area contributed by atoms with Crippen molar-refractivity contribution < 1.29 is 4.74 Å². The third-order valence-electron chi connectivity index (χ3n) is 2.35. The molecule has 1 heterocycles. The Morgan fingerprint density at radius 2 is 2.11 bits per heavy atom. The minimum Gasteiger partial charge on any atom is -0.486 e. The number of rotatable bonds is 4. The first kappa shape index (κ1) is 12.9. The summed E-state index contributed by atoms with van der Waals surface area (Å²) < 4.78 is 5.60. The highest BCUT2D eigenvalue weighted by Crippen LogP contribution is 2.21. The highest BCUT2D eigenvalue weighted by atomic mass is 35.5. The second-order valence-corrected chi connectivity index (χ2v) is 5.30. The Hall–Kier alpha value is -1.57. The van der Waals surface area contributed by atoms with Gasteiger partial charge in [-0.1, -0.05) is 11.6 Å². The van der Waals surface area contributed by atoms with Crippen LogP contribution in [0, 0.1) is 18.3 Å². The highest BCUT2D eigenvalue weighted by Gasteiger charge is 2.07. The summed E-state index contributed by atoms with van der Waals surface area (Å²) in [5.41, 5.74) is 0.913. The molecule has 2 aromatic rings. The largest absolute Gasteiger partial charge is 0.486 e. The van der Waals surface area contributed by atoms with Gasteiger partial charge in [-0.05, 0) is 31.2 Å². The van der Waals surface area contributed by atoms with E-state index >= 15 is 0 Å². The number of halogens is 1. The number of aromatic nitrogens is 1. The van der Waals surface area contributed by atoms with E-state index in [1.807, 2.05) is 19.1 Å². The van der Waals surface area contributed by atoms with Crippen LogP contribution in [0.5, 0.6) is 5.75 Å². The molecule has 2 rings (SSSR count). The average molecular weight is 279 g/mol. The molecule has 0 N–H and O–H groups in total. The number of hydrogen-bond donors (Lipinski definition) is 0. The van der Waals surface area contributed by atoms with Gasteiger partial charge in [0.15, 0.2) is 0 Å². The molecule has 1 aromatic carbocycles. The molecular formula is C13H11ClN2OS. The van der Waals surface area contributed by atoms with Gasteiger partial charge in [-0.15, -0.1) is 11.3 Å². The lowest BCUT2D eigenvalue weighted by atomic mass is 10.3. The molecule has 92 valence electrons. The number of thiazole rings is 1. The van der Waals surface area contributed by atoms with Gasteiger partial charge in [0.1, 0.15) is 17.4 Å². The molecule has 0 atom stereocenters. The fourth-order valence-corrected chi connectivity index (χ4v) is 2.50. The lowest BCUT2D eigenvalue weighted by Gasteiger charge is -2.03. The van der Waals surface area contributed by atoms with Gasteiger partial charge in [-0.25, -0.2) is 4.98 Å². The van der Waals surface area contributed by atoms with Gasteiger partial charge in [-0.3, -0.25) is 0 Å². The first-order chi connectivity index (χ1) is 8.69. The molecule has 0 unspecified atom stereocenters. The molecule has 0 radical (unpaired) electrons. The maximum Gasteiger partial charge on any atom is 0.140 e. The molecular weight excluding hydrogens is 268 g/mol. The fourth-order valence-electron chi connectivity index (χ4n) is 1.46. The van der Waals surface area contributed by atoms with Gasteiger partial charge in [0, 0.05) is 9.90 Å². The Morgan fingerprint density at radius 3 is 2.78 bits per heavy atom. The van der Waals surface area contributed by atoms with Gasteiger partial charge >= 0.3 is 0 Å². The van der Waals surface area contributed by atoms with Crippen molar-refractivity contribution in [3.8, 4) is 11.8 Å². The summed E-state index contributed by atoms with van der Waals surface area (Å²) >= 11 is 7.31. The fraction of sp³-hybridized carbons (Fsp3) is 0.231. The van der Waals surface area contributed by atoms with Crippen LogP contribution < -0.4 is 4.74 Å². The Morgan fingerprint density at radius 1 is 1.39 bits per heavy atom. The van der Waals surface area contributed by atoms with Crippen molar-refractivity contribution in [2.75, 3.05) is 0 Å². The lowest BCUT2D eigenvalue weighted by molar-refractivity contribution is 0.305. The van der Waals surface area contributed by atoms with Crippen molar-refractivity contribution in [3.05, 3.63) is 44.9 Å². The predicted molar refractivity (Wildman–Crippen MR) is 72.0 cm³/mol. The summed E-state index contributed by atoms with van der Waals surface area (Å²) in [4.78, 5) is 5.38. The molecule has 18 heavy (non-hydrogen) atoms. The molecule has 0 aliphatic rings. The summed E-state index contributed by atoms with van der Waals surface area (Å²) in [6, 6.07) is 9.34. The molecule has 0 amide bonds. The van der Waals surface area contributed by atoms with Crippen LogP contribution >= 0.6 is 22.9 Å². The number of aryl methyl sites for hydroxylation is 1. The minimum atomic E-state index is 0.407. The van der Waals surface area contributed by atoms with Gasteiger partial charge in [0.25, 0.3) is 0 Å². The monoisotopic (exact) mass is 278 g/mol. The molecule has 1 aromatic heterocycles. The number of hydrogen-bond acceptors (Lipinski definition) is 4. The van der Waals surface area contributed by atoms with Crippen LogP contribution in [0.1, 0.15) is 15.6 Å². The number of nitriles is 1. The third-order valence-corrected chi connectivity index (χ3v) is 3.74. The van der Waals surface area contributed by atoms with E-state index in [1.54, 1.807) is 12.1 Å². The molecule has 3 nitrogen and oxygen atoms in total. The normalized spacial score (nSPS) is 10.1. The van der Waals surface area contributed by atoms with Gasteiger partial charge in [0.05, 0.1) is 18.2 Å². The van der Waals surface area contributed by atoms with Crippen molar-refractivity contribution in [3.63, 3.8) is 0 Å². The molecule has 0 spiro atoms. The summed E-state index contributed by atoms with van der Waals surface area (Å²) in [6.45, 7) is 2.33. The summed E-state index contributed by atoms with van der Waals surface area (Å²) in [5, 5.41) is 10.2. The Balaban J connectivity index is 2.00. The Labute approximate surface area is 115 Å². The van der Waals surface area contributed by atoms with E-state index in [1.165, 1.54) is 11.3 Å². The quantitative estimate of drug-likeness (QED) is 0.856. The van der Waals surface area contributed by atoms with E-state index in [0.29, 0.717) is 18.1 Å². The molecule has 0 saturated carbocycles. The zero-order valence-electron chi connectivity index (χ0n) is 9.81. The minimum absolute atomic E-state index is 0.407. The summed E-state index contributed by atoms with van der Waals surface area (Å²) in [7, 11) is 0. The van der Waals surface area contributed by atoms with E-state index in [0.717, 1.165) is 21.3 Å². The van der Waals surface area contributed by atoms with Gasteiger partial charge in [-0.2, -0.15) is 5.26 Å². The first-order valence-corrected chi connectivity index (χ1v) is 6.59. The van der Waals surface area contributed by atoms with Crippen LogP contribution in [0.3, 0.4) is 0 Å². The van der Waals surface area contributed by atoms with Crippen molar-refractivity contribution in [1.82, 2.24) is 4.98 Å². The maximum atomic E-state index is 8.67. The van der Waals surface area contributed by atoms with Crippen LogP contribution in [-0.4, -0.2) is 4.98 Å². The molecule has 5 heteroatoms. The van der Waals surface area contributed by atoms with Crippen molar-refractivity contribution >= 4 is 22.9 Å². The van der Waals surface area contributed by atoms with Gasteiger partial charge < -0.3 is 4.74 Å². The van der Waals surface area contributed by atoms with Crippen molar-refractivity contribution in [2.24, 2.45) is 0 Å². The van der Waals surface area contributed by atoms with Crippen LogP contribution in [0.25, 0.3) is 0 Å². The second kappa shape index (κ2) is 5.85. The topological polar surface area (TPSA) is 45.9 Å². The Bertz CT molecular complexity index is 572. The Kier molecular flexibility index (Phi) is 4.19. The zero-order chi connectivity index (χ0) is 13.0. The van der Waals surface area contributed by atoms with E-state index in [-0.39, 0.29) is 0 Å². The summed E-state index contributed by atoms with van der Waals surface area (Å²) in [5.74, 6) is 0.758. The van der Waals surface area contributed by atoms with Crippen LogP contribution in [-0.2, 0) is 13.0 Å². The van der Waals surface area contributed by atoms with E-state index in [4.69, 9.17) is 21.6 Å². The molecule has 0 bridgehead atoms. The van der Waals surface area contributed by atoms with Crippen LogP contribution in [0.4, 0.5) is 0 Å². The van der Waals surface area contributed by atoms with E-state index in [9.17, 15) is 0 Å². The second-order valence-electron chi connectivity index (χ2n) is 3.69. The average Bonchev–Trinajstić information content (AvgIpc) is 2.70. The number of nitrogens with zero attached hydrogens (tertiary/aromatic N) is 2. The lowest BCUT2D eigenvalue weighted by Crippen LogP contribution is -1.94. The standard InChI is InChI=1S/C13H11ClN2OS/c1-9-12(6-7-15)18-13(16-9)8-17-11-4-2-10(14)3-5-11/h2-5H,6,8H2,1H3. The molecule has 0 aliphatic heterocycles. The van der Waals surface area contributed by atoms with Crippen LogP contribution in [0.15, 0.2) is 24.3 Å². The third kappa shape index (κ3) is 3.22. The molecule has 0 aliphatic carbocycles. The molecule has 0 saturated heterocycles. The highest BCUT2D eigenvalue weighted by molar-refractivity contribution is 7.11. The van der Waals surface area contributed by atoms with Crippen molar-refractivity contribution in [2.45, 2.75) is 20.0 Å². The smallest absolute Gasteiger partial charge is 0.140 e. The van der Waals surface area contributed by atoms with Gasteiger partial charge in [0.2, 0.25) is 0 Å². The molecule has 0 fully saturated rings. The van der Waals surface area contributed by atoms with Crippen molar-refractivity contribution in [1.29, 1.82) is 5.26 Å². The SMILES string of the molecule is Cc1nc(COc2ccc(Cl)cc2)sc1CC#N. The predicted octanol–water partition coefficient (Wildman–Crippen LogP) is 3.75. The first-order valence-electron chi connectivity index (χ1n) is 5.39. The zero-order valence-corrected chi connectivity index (χ0v) is 11.4.